The summed E-state index contributed by atoms with van der Waals surface area (Å²) < 4.78 is 0. The second-order valence-corrected chi connectivity index (χ2v) is 6.49. The van der Waals surface area contributed by atoms with E-state index in [0.717, 1.165) is 25.9 Å². The molecule has 4 heteroatoms. The van der Waals surface area contributed by atoms with Gasteiger partial charge in [-0.15, -0.1) is 0 Å². The summed E-state index contributed by atoms with van der Waals surface area (Å²) in [5, 5.41) is 12.6. The van der Waals surface area contributed by atoms with Gasteiger partial charge in [0.2, 0.25) is 5.91 Å². The van der Waals surface area contributed by atoms with Crippen molar-refractivity contribution in [3.8, 4) is 5.75 Å². The Bertz CT molecular complexity index is 535. The van der Waals surface area contributed by atoms with Crippen molar-refractivity contribution in [2.75, 3.05) is 13.1 Å². The number of nitrogens with zero attached hydrogens (tertiary/aromatic N) is 1. The van der Waals surface area contributed by atoms with Crippen molar-refractivity contribution in [1.29, 1.82) is 0 Å². The zero-order chi connectivity index (χ0) is 14.3. The lowest BCUT2D eigenvalue weighted by atomic mass is 9.87. The highest BCUT2D eigenvalue weighted by Gasteiger charge is 2.49. The van der Waals surface area contributed by atoms with Crippen LogP contribution in [-0.4, -0.2) is 35.0 Å². The van der Waals surface area contributed by atoms with Crippen LogP contribution < -0.4 is 5.32 Å². The topological polar surface area (TPSA) is 52.6 Å². The highest BCUT2D eigenvalue weighted by atomic mass is 16.3. The molecule has 20 heavy (non-hydrogen) atoms. The Kier molecular flexibility index (Phi) is 3.21. The highest BCUT2D eigenvalue weighted by Crippen LogP contribution is 2.52. The lowest BCUT2D eigenvalue weighted by molar-refractivity contribution is -0.123. The van der Waals surface area contributed by atoms with Crippen LogP contribution in [0.3, 0.4) is 0 Å². The van der Waals surface area contributed by atoms with E-state index in [1.807, 2.05) is 26.0 Å². The van der Waals surface area contributed by atoms with Crippen molar-refractivity contribution < 1.29 is 9.90 Å². The smallest absolute Gasteiger partial charge is 0.234 e. The molecule has 1 fully saturated rings. The van der Waals surface area contributed by atoms with Crippen molar-refractivity contribution >= 4 is 5.91 Å². The molecule has 1 aliphatic carbocycles. The summed E-state index contributed by atoms with van der Waals surface area (Å²) in [6, 6.07) is 5.84. The maximum Gasteiger partial charge on any atom is 0.234 e. The number of amides is 1. The third-order valence-corrected chi connectivity index (χ3v) is 4.26. The number of hydrogen-bond acceptors (Lipinski definition) is 3. The summed E-state index contributed by atoms with van der Waals surface area (Å²) >= 11 is 0. The van der Waals surface area contributed by atoms with Gasteiger partial charge in [-0.3, -0.25) is 9.69 Å². The molecule has 1 spiro atoms. The summed E-state index contributed by atoms with van der Waals surface area (Å²) in [6.45, 7) is 6.14. The molecule has 3 rings (SSSR count). The molecule has 1 amide bonds. The number of carbonyl (C=O) groups is 1. The predicted octanol–water partition coefficient (Wildman–Crippen LogP) is 1.76. The molecular weight excluding hydrogens is 252 g/mol. The van der Waals surface area contributed by atoms with Gasteiger partial charge < -0.3 is 10.4 Å². The maximum absolute atomic E-state index is 11.9. The molecular formula is C16H22N2O2. The Morgan fingerprint density at radius 1 is 1.45 bits per heavy atom. The minimum absolute atomic E-state index is 0.0954. The summed E-state index contributed by atoms with van der Waals surface area (Å²) in [6.07, 6.45) is 2.32. The number of carbonyl (C=O) groups excluding carboxylic acids is 1. The van der Waals surface area contributed by atoms with Crippen LogP contribution in [-0.2, 0) is 16.8 Å². The van der Waals surface area contributed by atoms with E-state index in [-0.39, 0.29) is 17.4 Å². The Balaban J connectivity index is 1.76. The third kappa shape index (κ3) is 2.52. The second kappa shape index (κ2) is 4.77. The zero-order valence-electron chi connectivity index (χ0n) is 12.1. The minimum atomic E-state index is 0.0954. The molecule has 1 aromatic rings. The monoisotopic (exact) mass is 274 g/mol. The lowest BCUT2D eigenvalue weighted by Gasteiger charge is -2.34. The number of benzene rings is 1. The van der Waals surface area contributed by atoms with E-state index in [1.165, 1.54) is 11.1 Å². The largest absolute Gasteiger partial charge is 0.508 e. The number of phenolic OH excluding ortho intramolecular Hbond substituents is 1. The van der Waals surface area contributed by atoms with Gasteiger partial charge in [0, 0.05) is 24.5 Å². The Morgan fingerprint density at radius 2 is 2.20 bits per heavy atom. The van der Waals surface area contributed by atoms with Gasteiger partial charge in [-0.1, -0.05) is 6.07 Å². The van der Waals surface area contributed by atoms with Crippen LogP contribution >= 0.6 is 0 Å². The van der Waals surface area contributed by atoms with Crippen LogP contribution in [0.5, 0.6) is 5.75 Å². The third-order valence-electron chi connectivity index (χ3n) is 4.26. The van der Waals surface area contributed by atoms with Gasteiger partial charge in [0.05, 0.1) is 6.54 Å². The Hall–Kier alpha value is -1.55. The predicted molar refractivity (Wildman–Crippen MR) is 77.6 cm³/mol. The van der Waals surface area contributed by atoms with Crippen LogP contribution in [0.25, 0.3) is 0 Å². The molecule has 0 radical (unpaired) electrons. The van der Waals surface area contributed by atoms with Gasteiger partial charge in [-0.2, -0.15) is 0 Å². The number of fused-ring (bicyclic) bond motifs is 2. The Morgan fingerprint density at radius 3 is 2.85 bits per heavy atom. The van der Waals surface area contributed by atoms with Crippen molar-refractivity contribution in [3.63, 3.8) is 0 Å². The fraction of sp³-hybridized carbons (Fsp3) is 0.562. The molecule has 0 atom stereocenters. The van der Waals surface area contributed by atoms with E-state index >= 15 is 0 Å². The molecule has 1 aliphatic heterocycles. The summed E-state index contributed by atoms with van der Waals surface area (Å²) in [5.74, 6) is 0.444. The van der Waals surface area contributed by atoms with E-state index in [1.54, 1.807) is 6.07 Å². The number of nitrogens with one attached hydrogen (secondary N) is 1. The molecule has 0 saturated heterocycles. The zero-order valence-corrected chi connectivity index (χ0v) is 12.1. The molecule has 0 unspecified atom stereocenters. The molecule has 1 heterocycles. The molecule has 0 aromatic heterocycles. The summed E-state index contributed by atoms with van der Waals surface area (Å²) in [7, 11) is 0. The van der Waals surface area contributed by atoms with Gasteiger partial charge in [0.25, 0.3) is 0 Å². The van der Waals surface area contributed by atoms with Crippen LogP contribution in [0, 0.1) is 0 Å². The standard InChI is InChI=1S/C16H22N2O2/c1-11(2)17-15(20)9-18-8-12-3-4-13(19)7-14(12)16(10-18)5-6-16/h3-4,7,11,19H,5-6,8-10H2,1-2H3,(H,17,20). The van der Waals surface area contributed by atoms with Crippen LogP contribution in [0.4, 0.5) is 0 Å². The van der Waals surface area contributed by atoms with Gasteiger partial charge in [0.1, 0.15) is 5.75 Å². The first kappa shape index (κ1) is 13.4. The van der Waals surface area contributed by atoms with E-state index in [9.17, 15) is 9.90 Å². The second-order valence-electron chi connectivity index (χ2n) is 6.49. The summed E-state index contributed by atoms with van der Waals surface area (Å²) in [5.41, 5.74) is 2.73. The number of aromatic hydroxyl groups is 1. The van der Waals surface area contributed by atoms with Gasteiger partial charge in [-0.05, 0) is 49.9 Å². The van der Waals surface area contributed by atoms with E-state index in [2.05, 4.69) is 10.2 Å². The molecule has 2 N–H and O–H groups in total. The van der Waals surface area contributed by atoms with Crippen molar-refractivity contribution in [2.24, 2.45) is 0 Å². The van der Waals surface area contributed by atoms with E-state index in [4.69, 9.17) is 0 Å². The first-order valence-corrected chi connectivity index (χ1v) is 7.33. The highest BCUT2D eigenvalue weighted by molar-refractivity contribution is 5.78. The number of hydrogen-bond donors (Lipinski definition) is 2. The molecule has 2 aliphatic rings. The molecule has 4 nitrogen and oxygen atoms in total. The quantitative estimate of drug-likeness (QED) is 0.883. The maximum atomic E-state index is 11.9. The number of rotatable bonds is 3. The molecule has 1 aromatic carbocycles. The first-order valence-electron chi connectivity index (χ1n) is 7.33. The lowest BCUT2D eigenvalue weighted by Crippen LogP contribution is -2.45. The van der Waals surface area contributed by atoms with Crippen LogP contribution in [0.1, 0.15) is 37.8 Å². The van der Waals surface area contributed by atoms with E-state index < -0.39 is 0 Å². The molecule has 108 valence electrons. The van der Waals surface area contributed by atoms with Crippen molar-refractivity contribution in [1.82, 2.24) is 10.2 Å². The van der Waals surface area contributed by atoms with Gasteiger partial charge >= 0.3 is 0 Å². The minimum Gasteiger partial charge on any atom is -0.508 e. The normalized spacial score (nSPS) is 19.9. The SMILES string of the molecule is CC(C)NC(=O)CN1Cc2ccc(O)cc2C2(CC2)C1. The van der Waals surface area contributed by atoms with Crippen LogP contribution in [0.15, 0.2) is 18.2 Å². The average Bonchev–Trinajstić information content (AvgIpc) is 3.10. The Labute approximate surface area is 119 Å². The molecule has 0 bridgehead atoms. The molecule has 1 saturated carbocycles. The van der Waals surface area contributed by atoms with E-state index in [0.29, 0.717) is 12.3 Å². The van der Waals surface area contributed by atoms with Gasteiger partial charge in [0.15, 0.2) is 0 Å². The summed E-state index contributed by atoms with van der Waals surface area (Å²) in [4.78, 5) is 14.2. The average molecular weight is 274 g/mol. The van der Waals surface area contributed by atoms with Crippen LogP contribution in [0.2, 0.25) is 0 Å². The van der Waals surface area contributed by atoms with Crippen molar-refractivity contribution in [3.05, 3.63) is 29.3 Å². The first-order chi connectivity index (χ1) is 9.48. The fourth-order valence-electron chi connectivity index (χ4n) is 3.27. The fourth-order valence-corrected chi connectivity index (χ4v) is 3.27. The number of phenols is 1. The van der Waals surface area contributed by atoms with Gasteiger partial charge in [-0.25, -0.2) is 0 Å². The van der Waals surface area contributed by atoms with Crippen molar-refractivity contribution in [2.45, 2.75) is 44.7 Å².